The maximum Gasteiger partial charge on any atom is 0.416 e. The molecule has 3 rings (SSSR count). The number of nitrogens with zero attached hydrogens (tertiary/aromatic N) is 2. The fourth-order valence-corrected chi connectivity index (χ4v) is 3.28. The van der Waals surface area contributed by atoms with Crippen molar-refractivity contribution >= 4 is 16.9 Å². The number of esters is 1. The van der Waals surface area contributed by atoms with Gasteiger partial charge >= 0.3 is 12.1 Å². The van der Waals surface area contributed by atoms with E-state index in [1.54, 1.807) is 11.5 Å². The molecule has 1 aliphatic heterocycles. The average molecular weight is 340 g/mol. The minimum absolute atomic E-state index is 0.0226. The van der Waals surface area contributed by atoms with Gasteiger partial charge in [0.1, 0.15) is 6.54 Å². The van der Waals surface area contributed by atoms with Gasteiger partial charge in [-0.25, -0.2) is 0 Å². The van der Waals surface area contributed by atoms with Crippen LogP contribution in [0.25, 0.3) is 10.9 Å². The van der Waals surface area contributed by atoms with E-state index in [-0.39, 0.29) is 19.1 Å². The Hall–Kier alpha value is -2.02. The molecule has 2 heterocycles. The molecule has 0 aliphatic carbocycles. The van der Waals surface area contributed by atoms with Crippen LogP contribution in [0.5, 0.6) is 0 Å². The van der Waals surface area contributed by atoms with Gasteiger partial charge in [-0.05, 0) is 37.7 Å². The van der Waals surface area contributed by atoms with Crippen molar-refractivity contribution in [3.63, 3.8) is 0 Å². The van der Waals surface area contributed by atoms with E-state index in [0.29, 0.717) is 23.9 Å². The van der Waals surface area contributed by atoms with Crippen LogP contribution in [-0.4, -0.2) is 35.6 Å². The second-order valence-corrected chi connectivity index (χ2v) is 6.03. The second-order valence-electron chi connectivity index (χ2n) is 6.03. The number of likely N-dealkylation sites (N-methyl/N-ethyl adjacent to an activating group) is 1. The molecule has 4 nitrogen and oxygen atoms in total. The highest BCUT2D eigenvalue weighted by Gasteiger charge is 2.32. The molecule has 0 fully saturated rings. The normalized spacial score (nSPS) is 15.5. The minimum Gasteiger partial charge on any atom is -0.465 e. The van der Waals surface area contributed by atoms with Crippen LogP contribution in [0.15, 0.2) is 18.2 Å². The van der Waals surface area contributed by atoms with E-state index in [1.165, 1.54) is 12.1 Å². The van der Waals surface area contributed by atoms with E-state index in [4.69, 9.17) is 4.74 Å². The predicted molar refractivity (Wildman–Crippen MR) is 83.6 cm³/mol. The Bertz CT molecular complexity index is 780. The van der Waals surface area contributed by atoms with Gasteiger partial charge in [-0.1, -0.05) is 0 Å². The number of carbonyl (C=O) groups is 1. The summed E-state index contributed by atoms with van der Waals surface area (Å²) in [7, 11) is 1.94. The Kier molecular flexibility index (Phi) is 4.29. The summed E-state index contributed by atoms with van der Waals surface area (Å²) in [5.41, 5.74) is 1.78. The summed E-state index contributed by atoms with van der Waals surface area (Å²) in [6.07, 6.45) is -3.69. The van der Waals surface area contributed by atoms with Gasteiger partial charge in [-0.2, -0.15) is 13.2 Å². The Morgan fingerprint density at radius 1 is 1.33 bits per heavy atom. The minimum atomic E-state index is -4.38. The smallest absolute Gasteiger partial charge is 0.416 e. The molecule has 1 aliphatic rings. The van der Waals surface area contributed by atoms with E-state index >= 15 is 0 Å². The van der Waals surface area contributed by atoms with Gasteiger partial charge in [-0.3, -0.25) is 4.79 Å². The molecule has 0 N–H and O–H groups in total. The highest BCUT2D eigenvalue weighted by atomic mass is 19.4. The van der Waals surface area contributed by atoms with E-state index < -0.39 is 11.7 Å². The summed E-state index contributed by atoms with van der Waals surface area (Å²) < 4.78 is 46.0. The predicted octanol–water partition coefficient (Wildman–Crippen LogP) is 3.21. The highest BCUT2D eigenvalue weighted by molar-refractivity contribution is 5.88. The number of alkyl halides is 3. The first-order valence-electron chi connectivity index (χ1n) is 7.86. The van der Waals surface area contributed by atoms with Crippen molar-refractivity contribution in [1.29, 1.82) is 0 Å². The average Bonchev–Trinajstić information content (AvgIpc) is 2.80. The standard InChI is InChI=1S/C17H19F3N2O2/c1-3-24-16(23)10-22-14-5-4-11(17(18,19)20)8-12(14)13-9-21(2)7-6-15(13)22/h4-5,8H,3,6-7,9-10H2,1-2H3. The van der Waals surface area contributed by atoms with Crippen LogP contribution in [-0.2, 0) is 35.2 Å². The molecule has 0 saturated carbocycles. The number of aromatic nitrogens is 1. The molecule has 130 valence electrons. The lowest BCUT2D eigenvalue weighted by atomic mass is 10.0. The van der Waals surface area contributed by atoms with Crippen molar-refractivity contribution in [3.8, 4) is 0 Å². The lowest BCUT2D eigenvalue weighted by molar-refractivity contribution is -0.143. The number of rotatable bonds is 3. The van der Waals surface area contributed by atoms with Crippen molar-refractivity contribution in [3.05, 3.63) is 35.0 Å². The molecule has 0 saturated heterocycles. The van der Waals surface area contributed by atoms with Gasteiger partial charge in [-0.15, -0.1) is 0 Å². The number of benzene rings is 1. The third kappa shape index (κ3) is 3.00. The first-order valence-corrected chi connectivity index (χ1v) is 7.86. The van der Waals surface area contributed by atoms with Crippen molar-refractivity contribution in [2.75, 3.05) is 20.2 Å². The van der Waals surface area contributed by atoms with Crippen LogP contribution < -0.4 is 0 Å². The number of fused-ring (bicyclic) bond motifs is 3. The van der Waals surface area contributed by atoms with E-state index in [9.17, 15) is 18.0 Å². The van der Waals surface area contributed by atoms with Crippen LogP contribution in [0.2, 0.25) is 0 Å². The van der Waals surface area contributed by atoms with Crippen LogP contribution in [0.1, 0.15) is 23.7 Å². The van der Waals surface area contributed by atoms with Crippen LogP contribution in [0.3, 0.4) is 0 Å². The fourth-order valence-electron chi connectivity index (χ4n) is 3.28. The van der Waals surface area contributed by atoms with Gasteiger partial charge in [0, 0.05) is 36.1 Å². The van der Waals surface area contributed by atoms with Crippen molar-refractivity contribution in [1.82, 2.24) is 9.47 Å². The fraction of sp³-hybridized carbons (Fsp3) is 0.471. The molecule has 1 aromatic heterocycles. The molecule has 0 unspecified atom stereocenters. The molecule has 0 atom stereocenters. The van der Waals surface area contributed by atoms with Gasteiger partial charge in [0.15, 0.2) is 0 Å². The van der Waals surface area contributed by atoms with Crippen molar-refractivity contribution in [2.45, 2.75) is 32.6 Å². The van der Waals surface area contributed by atoms with Gasteiger partial charge < -0.3 is 14.2 Å². The monoisotopic (exact) mass is 340 g/mol. The van der Waals surface area contributed by atoms with Crippen molar-refractivity contribution < 1.29 is 22.7 Å². The molecule has 7 heteroatoms. The highest BCUT2D eigenvalue weighted by Crippen LogP contribution is 2.36. The first kappa shape index (κ1) is 16.8. The SMILES string of the molecule is CCOC(=O)Cn1c2c(c3cc(C(F)(F)F)ccc31)CN(C)CC2. The van der Waals surface area contributed by atoms with Gasteiger partial charge in [0.05, 0.1) is 12.2 Å². The summed E-state index contributed by atoms with van der Waals surface area (Å²) in [6, 6.07) is 3.71. The van der Waals surface area contributed by atoms with Gasteiger partial charge in [0.2, 0.25) is 0 Å². The molecule has 1 aromatic carbocycles. The summed E-state index contributed by atoms with van der Waals surface area (Å²) in [6.45, 7) is 3.41. The lowest BCUT2D eigenvalue weighted by Crippen LogP contribution is -2.28. The molecule has 0 radical (unpaired) electrons. The Balaban J connectivity index is 2.15. The molecule has 0 amide bonds. The molecule has 24 heavy (non-hydrogen) atoms. The topological polar surface area (TPSA) is 34.5 Å². The quantitative estimate of drug-likeness (QED) is 0.805. The zero-order valence-electron chi connectivity index (χ0n) is 13.6. The molecular formula is C17H19F3N2O2. The summed E-state index contributed by atoms with van der Waals surface area (Å²) >= 11 is 0. The largest absolute Gasteiger partial charge is 0.465 e. The Labute approximate surface area is 137 Å². The number of halogens is 3. The van der Waals surface area contributed by atoms with Crippen LogP contribution in [0, 0.1) is 0 Å². The maximum absolute atomic E-state index is 13.1. The van der Waals surface area contributed by atoms with E-state index in [1.807, 2.05) is 7.05 Å². The van der Waals surface area contributed by atoms with Crippen LogP contribution in [0.4, 0.5) is 13.2 Å². The maximum atomic E-state index is 13.1. The molecular weight excluding hydrogens is 321 g/mol. The molecule has 2 aromatic rings. The lowest BCUT2D eigenvalue weighted by Gasteiger charge is -2.24. The zero-order chi connectivity index (χ0) is 17.5. The van der Waals surface area contributed by atoms with E-state index in [0.717, 1.165) is 23.9 Å². The summed E-state index contributed by atoms with van der Waals surface area (Å²) in [5.74, 6) is -0.379. The van der Waals surface area contributed by atoms with Crippen LogP contribution >= 0.6 is 0 Å². The second kappa shape index (κ2) is 6.12. The first-order chi connectivity index (χ1) is 11.3. The Morgan fingerprint density at radius 2 is 2.08 bits per heavy atom. The van der Waals surface area contributed by atoms with Gasteiger partial charge in [0.25, 0.3) is 0 Å². The summed E-state index contributed by atoms with van der Waals surface area (Å²) in [4.78, 5) is 14.0. The summed E-state index contributed by atoms with van der Waals surface area (Å²) in [5, 5.41) is 0.565. The number of hydrogen-bond acceptors (Lipinski definition) is 3. The number of hydrogen-bond donors (Lipinski definition) is 0. The Morgan fingerprint density at radius 3 is 2.75 bits per heavy atom. The number of ether oxygens (including phenoxy) is 1. The number of carbonyl (C=O) groups excluding carboxylic acids is 1. The van der Waals surface area contributed by atoms with E-state index in [2.05, 4.69) is 4.90 Å². The van der Waals surface area contributed by atoms with Crippen molar-refractivity contribution in [2.24, 2.45) is 0 Å². The molecule has 0 bridgehead atoms. The third-order valence-corrected chi connectivity index (χ3v) is 4.36. The molecule has 0 spiro atoms. The zero-order valence-corrected chi connectivity index (χ0v) is 13.6. The third-order valence-electron chi connectivity index (χ3n) is 4.36.